The Bertz CT molecular complexity index is 1500. The van der Waals surface area contributed by atoms with Gasteiger partial charge in [-0.25, -0.2) is 13.6 Å². The molecule has 3 aromatic rings. The summed E-state index contributed by atoms with van der Waals surface area (Å²) in [6.45, 7) is 9.13. The van der Waals surface area contributed by atoms with Crippen molar-refractivity contribution in [2.24, 2.45) is 11.7 Å². The fourth-order valence-electron chi connectivity index (χ4n) is 6.02. The Balaban J connectivity index is 1.55. The van der Waals surface area contributed by atoms with Gasteiger partial charge in [-0.1, -0.05) is 31.2 Å². The van der Waals surface area contributed by atoms with Crippen LogP contribution in [0.5, 0.6) is 0 Å². The Morgan fingerprint density at radius 1 is 1.09 bits per heavy atom. The second-order valence-corrected chi connectivity index (χ2v) is 13.3. The molecule has 0 aliphatic carbocycles. The molecule has 250 valence electrons. The van der Waals surface area contributed by atoms with Crippen molar-refractivity contribution in [1.82, 2.24) is 20.5 Å². The van der Waals surface area contributed by atoms with Gasteiger partial charge in [-0.15, -0.1) is 0 Å². The summed E-state index contributed by atoms with van der Waals surface area (Å²) < 4.78 is 32.9. The summed E-state index contributed by atoms with van der Waals surface area (Å²) in [7, 11) is 0. The van der Waals surface area contributed by atoms with Crippen LogP contribution in [0.2, 0.25) is 0 Å². The van der Waals surface area contributed by atoms with Gasteiger partial charge in [0.2, 0.25) is 11.8 Å². The molecular weight excluding hydrogens is 592 g/mol. The number of nitrogens with two attached hydrogens (primary N) is 1. The van der Waals surface area contributed by atoms with Crippen LogP contribution >= 0.6 is 0 Å². The molecule has 4 atom stereocenters. The average molecular weight is 640 g/mol. The van der Waals surface area contributed by atoms with Gasteiger partial charge in [-0.05, 0) is 95.3 Å². The number of piperidine rings is 1. The minimum atomic E-state index is -0.993. The minimum absolute atomic E-state index is 0.279. The van der Waals surface area contributed by atoms with Gasteiger partial charge in [0.1, 0.15) is 17.7 Å². The first kappa shape index (κ1) is 35.0. The number of H-pyrrole nitrogens is 1. The van der Waals surface area contributed by atoms with Crippen molar-refractivity contribution in [2.75, 3.05) is 19.6 Å². The molecule has 1 aromatic heterocycles. The number of likely N-dealkylation sites (tertiary alicyclic amines) is 1. The molecule has 1 aliphatic rings. The summed E-state index contributed by atoms with van der Waals surface area (Å²) >= 11 is 0. The molecule has 2 aromatic carbocycles. The Labute approximate surface area is 269 Å². The van der Waals surface area contributed by atoms with Crippen LogP contribution in [0.4, 0.5) is 8.78 Å². The number of amides is 2. The highest BCUT2D eigenvalue weighted by molar-refractivity contribution is 5.93. The van der Waals surface area contributed by atoms with Crippen LogP contribution in [0.3, 0.4) is 0 Å². The normalized spacial score (nSPS) is 17.7. The monoisotopic (exact) mass is 639 g/mol. The fraction of sp³-hybridized carbons (Fsp3) is 0.514. The van der Waals surface area contributed by atoms with E-state index in [0.717, 1.165) is 29.0 Å². The van der Waals surface area contributed by atoms with E-state index in [1.807, 2.05) is 42.3 Å². The van der Waals surface area contributed by atoms with Crippen molar-refractivity contribution in [2.45, 2.75) is 89.9 Å². The number of hydrogen-bond donors (Lipinski definition) is 4. The Morgan fingerprint density at radius 3 is 2.57 bits per heavy atom. The highest BCUT2D eigenvalue weighted by Gasteiger charge is 2.36. The maximum absolute atomic E-state index is 14.1. The molecule has 5 N–H and O–H groups in total. The van der Waals surface area contributed by atoms with E-state index in [0.29, 0.717) is 57.4 Å². The summed E-state index contributed by atoms with van der Waals surface area (Å²) in [6, 6.07) is 9.66. The lowest BCUT2D eigenvalue weighted by Crippen LogP contribution is -2.56. The van der Waals surface area contributed by atoms with Crippen molar-refractivity contribution in [3.8, 4) is 0 Å². The van der Waals surface area contributed by atoms with E-state index < -0.39 is 53.0 Å². The topological polar surface area (TPSA) is 130 Å². The number of esters is 1. The number of ether oxygens (including phenoxy) is 1. The fourth-order valence-corrected chi connectivity index (χ4v) is 6.02. The molecule has 1 aliphatic heterocycles. The molecular formula is C35H47F2N5O4. The molecule has 0 spiro atoms. The van der Waals surface area contributed by atoms with Gasteiger partial charge in [0.05, 0.1) is 5.92 Å². The van der Waals surface area contributed by atoms with E-state index in [1.54, 1.807) is 26.8 Å². The van der Waals surface area contributed by atoms with Gasteiger partial charge in [-0.3, -0.25) is 14.5 Å². The van der Waals surface area contributed by atoms with E-state index in [9.17, 15) is 23.2 Å². The van der Waals surface area contributed by atoms with E-state index >= 15 is 0 Å². The number of nitrogens with zero attached hydrogens (tertiary/aromatic N) is 1. The zero-order valence-corrected chi connectivity index (χ0v) is 27.2. The van der Waals surface area contributed by atoms with Crippen LogP contribution in [-0.2, 0) is 25.7 Å². The van der Waals surface area contributed by atoms with Gasteiger partial charge in [-0.2, -0.15) is 0 Å². The number of nitrogens with one attached hydrogen (secondary N) is 3. The molecule has 0 saturated carbocycles. The number of fused-ring (bicyclic) bond motifs is 1. The van der Waals surface area contributed by atoms with Crippen LogP contribution in [0, 0.1) is 17.6 Å². The number of benzene rings is 2. The van der Waals surface area contributed by atoms with Crippen molar-refractivity contribution in [3.63, 3.8) is 0 Å². The molecule has 46 heavy (non-hydrogen) atoms. The quantitative estimate of drug-likeness (QED) is 0.156. The van der Waals surface area contributed by atoms with Crippen molar-refractivity contribution in [1.29, 1.82) is 0 Å². The molecule has 1 unspecified atom stereocenters. The third-order valence-electron chi connectivity index (χ3n) is 8.41. The lowest BCUT2D eigenvalue weighted by Gasteiger charge is -2.34. The summed E-state index contributed by atoms with van der Waals surface area (Å²) in [6.07, 6.45) is 4.85. The predicted molar refractivity (Wildman–Crippen MR) is 174 cm³/mol. The standard InChI is InChI=1S/C35H47F2N5O4/c1-22(26-19-39-29-12-6-5-11-25(26)29)31(33(44)40-30(13-7-8-16-38)34(45)46-35(2,3)4)41-32(43)24-10-9-17-42(21-24)20-23-14-15-27(36)28(37)18-23/h5-6,11-12,14-15,18-19,22,24,30-31,39H,7-10,13,16-17,20-21,38H2,1-4H3,(H,40,44)(H,41,43)/t22-,24?,30-,31-/m0/s1. The molecule has 2 amide bonds. The number of rotatable bonds is 13. The number of unbranched alkanes of at least 4 members (excludes halogenated alkanes) is 1. The number of carbonyl (C=O) groups is 3. The molecule has 1 saturated heterocycles. The van der Waals surface area contributed by atoms with Gasteiger partial charge in [0.25, 0.3) is 0 Å². The Morgan fingerprint density at radius 2 is 1.85 bits per heavy atom. The van der Waals surface area contributed by atoms with Crippen LogP contribution in [0.15, 0.2) is 48.7 Å². The zero-order chi connectivity index (χ0) is 33.4. The summed E-state index contributed by atoms with van der Waals surface area (Å²) in [5, 5.41) is 6.85. The second-order valence-electron chi connectivity index (χ2n) is 13.3. The number of halogens is 2. The SMILES string of the molecule is C[C@@H](c1c[nH]c2ccccc12)[C@H](NC(=O)C1CCCN(Cc2ccc(F)c(F)c2)C1)C(=O)N[C@@H](CCCCN)C(=O)OC(C)(C)C. The number of aromatic amines is 1. The van der Waals surface area contributed by atoms with Crippen molar-refractivity contribution in [3.05, 3.63) is 71.4 Å². The molecule has 1 fully saturated rings. The third kappa shape index (κ3) is 9.35. The number of para-hydroxylation sites is 1. The van der Waals surface area contributed by atoms with Gasteiger partial charge < -0.3 is 26.1 Å². The van der Waals surface area contributed by atoms with E-state index in [1.165, 1.54) is 6.07 Å². The maximum Gasteiger partial charge on any atom is 0.329 e. The highest BCUT2D eigenvalue weighted by Crippen LogP contribution is 2.29. The highest BCUT2D eigenvalue weighted by atomic mass is 19.2. The number of hydrogen-bond acceptors (Lipinski definition) is 6. The number of carbonyl (C=O) groups excluding carboxylic acids is 3. The van der Waals surface area contributed by atoms with Crippen LogP contribution in [0.1, 0.15) is 76.8 Å². The first-order valence-electron chi connectivity index (χ1n) is 16.1. The lowest BCUT2D eigenvalue weighted by molar-refractivity contribution is -0.159. The number of aromatic nitrogens is 1. The van der Waals surface area contributed by atoms with Crippen LogP contribution in [-0.4, -0.2) is 65.0 Å². The molecule has 2 heterocycles. The molecule has 11 heteroatoms. The smallest absolute Gasteiger partial charge is 0.329 e. The van der Waals surface area contributed by atoms with Gasteiger partial charge in [0.15, 0.2) is 11.6 Å². The van der Waals surface area contributed by atoms with E-state index in [4.69, 9.17) is 10.5 Å². The molecule has 4 rings (SSSR count). The second kappa shape index (κ2) is 15.6. The van der Waals surface area contributed by atoms with E-state index in [2.05, 4.69) is 15.6 Å². The molecule has 0 radical (unpaired) electrons. The van der Waals surface area contributed by atoms with E-state index in [-0.39, 0.29) is 5.91 Å². The van der Waals surface area contributed by atoms with Crippen molar-refractivity contribution < 1.29 is 27.9 Å². The largest absolute Gasteiger partial charge is 0.458 e. The third-order valence-corrected chi connectivity index (χ3v) is 8.41. The lowest BCUT2D eigenvalue weighted by atomic mass is 9.90. The van der Waals surface area contributed by atoms with Crippen LogP contribution in [0.25, 0.3) is 10.9 Å². The zero-order valence-electron chi connectivity index (χ0n) is 27.2. The van der Waals surface area contributed by atoms with Crippen molar-refractivity contribution >= 4 is 28.7 Å². The van der Waals surface area contributed by atoms with Crippen LogP contribution < -0.4 is 16.4 Å². The first-order valence-corrected chi connectivity index (χ1v) is 16.1. The Kier molecular flexibility index (Phi) is 11.9. The molecule has 0 bridgehead atoms. The average Bonchev–Trinajstić information content (AvgIpc) is 3.44. The Hall–Kier alpha value is -3.83. The molecule has 9 nitrogen and oxygen atoms in total. The van der Waals surface area contributed by atoms with Gasteiger partial charge in [0, 0.05) is 36.1 Å². The van der Waals surface area contributed by atoms with Gasteiger partial charge >= 0.3 is 5.97 Å². The maximum atomic E-state index is 14.1. The predicted octanol–water partition coefficient (Wildman–Crippen LogP) is 4.90. The first-order chi connectivity index (χ1) is 21.9. The summed E-state index contributed by atoms with van der Waals surface area (Å²) in [4.78, 5) is 46.3. The summed E-state index contributed by atoms with van der Waals surface area (Å²) in [5.41, 5.74) is 7.32. The minimum Gasteiger partial charge on any atom is -0.458 e. The summed E-state index contributed by atoms with van der Waals surface area (Å²) in [5.74, 6) is -3.98.